The van der Waals surface area contributed by atoms with Crippen LogP contribution in [0.15, 0.2) is 0 Å². The second kappa shape index (κ2) is 6.58. The average Bonchev–Trinajstić information content (AvgIpc) is 2.49. The third-order valence-electron chi connectivity index (χ3n) is 2.95. The van der Waals surface area contributed by atoms with Crippen LogP contribution in [-0.2, 0) is 9.53 Å². The molecule has 0 bridgehead atoms. The van der Waals surface area contributed by atoms with Gasteiger partial charge in [0.2, 0.25) is 0 Å². The van der Waals surface area contributed by atoms with E-state index >= 15 is 0 Å². The van der Waals surface area contributed by atoms with Gasteiger partial charge >= 0.3 is 12.0 Å². The summed E-state index contributed by atoms with van der Waals surface area (Å²) in [5.41, 5.74) is 0. The van der Waals surface area contributed by atoms with Crippen molar-refractivity contribution in [2.45, 2.75) is 39.3 Å². The molecule has 2 atom stereocenters. The molecule has 0 aromatic heterocycles. The van der Waals surface area contributed by atoms with Crippen molar-refractivity contribution in [3.05, 3.63) is 0 Å². The lowest BCUT2D eigenvalue weighted by Crippen LogP contribution is -2.51. The minimum Gasteiger partial charge on any atom is -0.480 e. The predicted molar refractivity (Wildman–Crippen MR) is 66.4 cm³/mol. The average molecular weight is 258 g/mol. The fourth-order valence-corrected chi connectivity index (χ4v) is 1.92. The van der Waals surface area contributed by atoms with Crippen molar-refractivity contribution in [2.24, 2.45) is 5.92 Å². The minimum atomic E-state index is -1.00. The number of nitrogens with one attached hydrogen (secondary N) is 1. The molecular weight excluding hydrogens is 236 g/mol. The zero-order valence-electron chi connectivity index (χ0n) is 11.2. The van der Waals surface area contributed by atoms with E-state index in [1.807, 2.05) is 6.92 Å². The van der Waals surface area contributed by atoms with Crippen molar-refractivity contribution in [2.75, 3.05) is 19.7 Å². The van der Waals surface area contributed by atoms with Gasteiger partial charge in [0, 0.05) is 19.7 Å². The first-order chi connectivity index (χ1) is 8.41. The van der Waals surface area contributed by atoms with Gasteiger partial charge in [-0.15, -0.1) is 0 Å². The molecule has 1 rings (SSSR count). The fraction of sp³-hybridized carbons (Fsp3) is 0.833. The van der Waals surface area contributed by atoms with Crippen molar-refractivity contribution >= 4 is 12.0 Å². The number of rotatable bonds is 3. The van der Waals surface area contributed by atoms with Gasteiger partial charge in [-0.1, -0.05) is 13.8 Å². The molecular formula is C12H22N2O4. The second-order valence-electron chi connectivity index (χ2n) is 4.99. The van der Waals surface area contributed by atoms with Crippen LogP contribution < -0.4 is 5.32 Å². The summed E-state index contributed by atoms with van der Waals surface area (Å²) in [6, 6.07) is -1.18. The molecule has 1 fully saturated rings. The summed E-state index contributed by atoms with van der Waals surface area (Å²) in [5.74, 6) is -1.15. The van der Waals surface area contributed by atoms with Gasteiger partial charge in [-0.25, -0.2) is 9.59 Å². The third kappa shape index (κ3) is 4.18. The van der Waals surface area contributed by atoms with Gasteiger partial charge in [0.25, 0.3) is 0 Å². The molecule has 0 spiro atoms. The molecule has 0 saturated carbocycles. The van der Waals surface area contributed by atoms with E-state index in [4.69, 9.17) is 9.84 Å². The van der Waals surface area contributed by atoms with Gasteiger partial charge < -0.3 is 20.1 Å². The highest BCUT2D eigenvalue weighted by molar-refractivity contribution is 5.82. The van der Waals surface area contributed by atoms with Gasteiger partial charge in [-0.05, 0) is 19.3 Å². The molecule has 1 saturated heterocycles. The Labute approximate surface area is 107 Å². The Bertz CT molecular complexity index is 306. The Morgan fingerprint density at radius 2 is 2.11 bits per heavy atom. The molecule has 104 valence electrons. The van der Waals surface area contributed by atoms with Crippen molar-refractivity contribution < 1.29 is 19.4 Å². The second-order valence-corrected chi connectivity index (χ2v) is 4.99. The van der Waals surface area contributed by atoms with E-state index in [2.05, 4.69) is 5.32 Å². The van der Waals surface area contributed by atoms with E-state index < -0.39 is 12.0 Å². The van der Waals surface area contributed by atoms with E-state index in [0.29, 0.717) is 19.7 Å². The monoisotopic (exact) mass is 258 g/mol. The number of carbonyl (C=O) groups is 2. The Hall–Kier alpha value is -1.30. The molecule has 0 aromatic rings. The number of carboxylic acid groups (broad SMARTS) is 1. The number of nitrogens with zero attached hydrogens (tertiary/aromatic N) is 1. The highest BCUT2D eigenvalue weighted by atomic mass is 16.5. The number of hydrogen-bond acceptors (Lipinski definition) is 3. The Morgan fingerprint density at radius 3 is 2.67 bits per heavy atom. The molecule has 1 aliphatic heterocycles. The van der Waals surface area contributed by atoms with Crippen molar-refractivity contribution in [1.82, 2.24) is 10.2 Å². The maximum atomic E-state index is 12.0. The zero-order valence-corrected chi connectivity index (χ0v) is 11.2. The number of ether oxygens (including phenoxy) is 1. The van der Waals surface area contributed by atoms with Crippen molar-refractivity contribution in [3.8, 4) is 0 Å². The highest BCUT2D eigenvalue weighted by Crippen LogP contribution is 2.08. The zero-order chi connectivity index (χ0) is 13.7. The standard InChI is InChI=1S/C12H22N2O4/c1-8(2)10(11(15)16)13-12(17)14-5-4-6-18-9(3)7-14/h8-10H,4-7H2,1-3H3,(H,13,17)(H,15,16). The van der Waals surface area contributed by atoms with E-state index in [1.54, 1.807) is 18.7 Å². The maximum Gasteiger partial charge on any atom is 0.326 e. The van der Waals surface area contributed by atoms with Crippen LogP contribution in [0, 0.1) is 5.92 Å². The van der Waals surface area contributed by atoms with E-state index in [1.165, 1.54) is 0 Å². The number of aliphatic carboxylic acids is 1. The summed E-state index contributed by atoms with van der Waals surface area (Å²) in [4.78, 5) is 24.7. The summed E-state index contributed by atoms with van der Waals surface area (Å²) in [6.45, 7) is 7.18. The van der Waals surface area contributed by atoms with Crippen LogP contribution in [0.5, 0.6) is 0 Å². The van der Waals surface area contributed by atoms with Crippen LogP contribution in [0.1, 0.15) is 27.2 Å². The molecule has 6 nitrogen and oxygen atoms in total. The molecule has 1 aliphatic rings. The lowest BCUT2D eigenvalue weighted by molar-refractivity contribution is -0.140. The van der Waals surface area contributed by atoms with Gasteiger partial charge in [0.05, 0.1) is 6.10 Å². The largest absolute Gasteiger partial charge is 0.480 e. The van der Waals surface area contributed by atoms with E-state index in [0.717, 1.165) is 6.42 Å². The number of carbonyl (C=O) groups excluding carboxylic acids is 1. The number of urea groups is 1. The molecule has 0 radical (unpaired) electrons. The first-order valence-corrected chi connectivity index (χ1v) is 6.31. The summed E-state index contributed by atoms with van der Waals surface area (Å²) in [5, 5.41) is 11.6. The Balaban J connectivity index is 2.59. The molecule has 6 heteroatoms. The highest BCUT2D eigenvalue weighted by Gasteiger charge is 2.27. The lowest BCUT2D eigenvalue weighted by atomic mass is 10.1. The molecule has 18 heavy (non-hydrogen) atoms. The summed E-state index contributed by atoms with van der Waals surface area (Å²) < 4.78 is 5.45. The predicted octanol–water partition coefficient (Wildman–Crippen LogP) is 0.916. The summed E-state index contributed by atoms with van der Waals surface area (Å²) in [7, 11) is 0. The Morgan fingerprint density at radius 1 is 1.44 bits per heavy atom. The van der Waals surface area contributed by atoms with Crippen LogP contribution in [0.2, 0.25) is 0 Å². The fourth-order valence-electron chi connectivity index (χ4n) is 1.92. The van der Waals surface area contributed by atoms with E-state index in [-0.39, 0.29) is 18.1 Å². The van der Waals surface area contributed by atoms with Crippen molar-refractivity contribution in [3.63, 3.8) is 0 Å². The van der Waals surface area contributed by atoms with Crippen LogP contribution in [-0.4, -0.2) is 53.8 Å². The summed E-state index contributed by atoms with van der Waals surface area (Å²) in [6.07, 6.45) is 0.762. The summed E-state index contributed by atoms with van der Waals surface area (Å²) >= 11 is 0. The smallest absolute Gasteiger partial charge is 0.326 e. The topological polar surface area (TPSA) is 78.9 Å². The number of hydrogen-bond donors (Lipinski definition) is 2. The molecule has 2 N–H and O–H groups in total. The quantitative estimate of drug-likeness (QED) is 0.789. The molecule has 2 amide bonds. The third-order valence-corrected chi connectivity index (χ3v) is 2.95. The van der Waals surface area contributed by atoms with Gasteiger partial charge in [0.15, 0.2) is 0 Å². The molecule has 0 aliphatic carbocycles. The van der Waals surface area contributed by atoms with E-state index in [9.17, 15) is 9.59 Å². The number of carboxylic acids is 1. The van der Waals surface area contributed by atoms with Crippen LogP contribution in [0.25, 0.3) is 0 Å². The molecule has 2 unspecified atom stereocenters. The number of amides is 2. The maximum absolute atomic E-state index is 12.0. The van der Waals surface area contributed by atoms with Gasteiger partial charge in [-0.3, -0.25) is 0 Å². The van der Waals surface area contributed by atoms with Crippen LogP contribution >= 0.6 is 0 Å². The van der Waals surface area contributed by atoms with Gasteiger partial charge in [0.1, 0.15) is 6.04 Å². The molecule has 1 heterocycles. The minimum absolute atomic E-state index is 0.0134. The Kier molecular flexibility index (Phi) is 5.40. The van der Waals surface area contributed by atoms with Crippen molar-refractivity contribution in [1.29, 1.82) is 0 Å². The SMILES string of the molecule is CC1CN(C(=O)NC(C(=O)O)C(C)C)CCCO1. The lowest BCUT2D eigenvalue weighted by Gasteiger charge is -2.26. The normalized spacial score (nSPS) is 22.4. The van der Waals surface area contributed by atoms with Gasteiger partial charge in [-0.2, -0.15) is 0 Å². The van der Waals surface area contributed by atoms with Crippen LogP contribution in [0.4, 0.5) is 4.79 Å². The first-order valence-electron chi connectivity index (χ1n) is 6.31. The first kappa shape index (κ1) is 14.8. The van der Waals surface area contributed by atoms with Crippen LogP contribution in [0.3, 0.4) is 0 Å². The molecule has 0 aromatic carbocycles.